The number of hydrogen-bond acceptors (Lipinski definition) is 2. The third-order valence-corrected chi connectivity index (χ3v) is 0.365. The monoisotopic (exact) mass is 122 g/mol. The second-order valence-corrected chi connectivity index (χ2v) is 0.889. The largest absolute Gasteiger partial charge is 0.368 e. The van der Waals surface area contributed by atoms with Crippen LogP contribution in [0.2, 0.25) is 0 Å². The minimum absolute atomic E-state index is 0. The predicted molar refractivity (Wildman–Crippen MR) is 30.0 cm³/mol. The Morgan fingerprint density at radius 3 is 1.43 bits per heavy atom. The van der Waals surface area contributed by atoms with Crippen molar-refractivity contribution in [3.63, 3.8) is 0 Å². The Balaban J connectivity index is -0.0000000800. The average Bonchev–Trinajstić information content (AvgIpc) is 1.38. The van der Waals surface area contributed by atoms with E-state index in [4.69, 9.17) is 10.2 Å². The topological polar surface area (TPSA) is 40.5 Å². The molecule has 0 aliphatic rings. The van der Waals surface area contributed by atoms with E-state index in [0.29, 0.717) is 6.42 Å². The molecule has 0 unspecified atom stereocenters. The summed E-state index contributed by atoms with van der Waals surface area (Å²) >= 11 is 0. The predicted octanol–water partition coefficient (Wildman–Crippen LogP) is -1.05. The summed E-state index contributed by atoms with van der Waals surface area (Å²) in [5, 5.41) is 15.8. The number of rotatable bonds is 1. The summed E-state index contributed by atoms with van der Waals surface area (Å²) in [6, 6.07) is 0. The first-order valence-electron chi connectivity index (χ1n) is 1.63. The van der Waals surface area contributed by atoms with Gasteiger partial charge in [-0.3, -0.25) is 0 Å². The fourth-order valence-corrected chi connectivity index (χ4v) is 0. The molecule has 0 aliphatic carbocycles. The van der Waals surface area contributed by atoms with Crippen LogP contribution in [-0.4, -0.2) is 75.6 Å². The van der Waals surface area contributed by atoms with E-state index < -0.39 is 6.29 Å². The Hall–Kier alpha value is 1.92. The molecule has 0 rings (SSSR count). The standard InChI is InChI=1S/C3H8O2.2Na/c1-2-3(4)5;;/h3-5H,2H2,1H3;;. The van der Waals surface area contributed by atoms with Crippen LogP contribution in [0.1, 0.15) is 13.3 Å². The van der Waals surface area contributed by atoms with Crippen molar-refractivity contribution in [3.05, 3.63) is 0 Å². The van der Waals surface area contributed by atoms with Gasteiger partial charge in [0.15, 0.2) is 6.29 Å². The zero-order valence-electron chi connectivity index (χ0n) is 5.18. The van der Waals surface area contributed by atoms with Gasteiger partial charge in [0.1, 0.15) is 0 Å². The van der Waals surface area contributed by atoms with Crippen LogP contribution in [0.5, 0.6) is 0 Å². The molecule has 0 atom stereocenters. The molecule has 0 amide bonds. The molecule has 34 valence electrons. The van der Waals surface area contributed by atoms with E-state index in [2.05, 4.69) is 0 Å². The van der Waals surface area contributed by atoms with Crippen molar-refractivity contribution in [2.75, 3.05) is 0 Å². The summed E-state index contributed by atoms with van der Waals surface area (Å²) < 4.78 is 0. The van der Waals surface area contributed by atoms with Crippen molar-refractivity contribution >= 4 is 59.1 Å². The molecule has 2 N–H and O–H groups in total. The Bertz CT molecular complexity index is 24.9. The Kier molecular flexibility index (Phi) is 24.7. The molecule has 0 aliphatic heterocycles. The van der Waals surface area contributed by atoms with E-state index in [1.54, 1.807) is 6.92 Å². The molecule has 0 aromatic carbocycles. The summed E-state index contributed by atoms with van der Waals surface area (Å²) in [4.78, 5) is 0. The van der Waals surface area contributed by atoms with Gasteiger partial charge in [-0.15, -0.1) is 0 Å². The maximum Gasteiger partial charge on any atom is 0.151 e. The van der Waals surface area contributed by atoms with Gasteiger partial charge in [-0.25, -0.2) is 0 Å². The Morgan fingerprint density at radius 1 is 1.29 bits per heavy atom. The Labute approximate surface area is 87.9 Å². The minimum atomic E-state index is -1.12. The first kappa shape index (κ1) is 16.0. The average molecular weight is 122 g/mol. The van der Waals surface area contributed by atoms with Crippen LogP contribution in [0.4, 0.5) is 0 Å². The van der Waals surface area contributed by atoms with Crippen LogP contribution in [0.3, 0.4) is 0 Å². The molecule has 0 aromatic rings. The van der Waals surface area contributed by atoms with Crippen LogP contribution >= 0.6 is 0 Å². The molecule has 0 saturated heterocycles. The van der Waals surface area contributed by atoms with Crippen LogP contribution < -0.4 is 0 Å². The van der Waals surface area contributed by atoms with E-state index in [1.165, 1.54) is 0 Å². The molecule has 0 fully saturated rings. The summed E-state index contributed by atoms with van der Waals surface area (Å²) in [5.74, 6) is 0. The van der Waals surface area contributed by atoms with Crippen LogP contribution in [0.25, 0.3) is 0 Å². The third kappa shape index (κ3) is 18.1. The van der Waals surface area contributed by atoms with Crippen LogP contribution in [0, 0.1) is 0 Å². The summed E-state index contributed by atoms with van der Waals surface area (Å²) in [5.41, 5.74) is 0. The van der Waals surface area contributed by atoms with Gasteiger partial charge in [0.25, 0.3) is 0 Å². The SMILES string of the molecule is CCC(O)O.[Na].[Na]. The molecular weight excluding hydrogens is 114 g/mol. The van der Waals surface area contributed by atoms with Crippen molar-refractivity contribution in [2.24, 2.45) is 0 Å². The van der Waals surface area contributed by atoms with Crippen molar-refractivity contribution < 1.29 is 10.2 Å². The van der Waals surface area contributed by atoms with Gasteiger partial charge in [-0.05, 0) is 6.42 Å². The van der Waals surface area contributed by atoms with E-state index in [9.17, 15) is 0 Å². The molecule has 0 spiro atoms. The quantitative estimate of drug-likeness (QED) is 0.344. The van der Waals surface area contributed by atoms with E-state index in [1.807, 2.05) is 0 Å². The fourth-order valence-electron chi connectivity index (χ4n) is 0. The van der Waals surface area contributed by atoms with Gasteiger partial charge >= 0.3 is 0 Å². The Morgan fingerprint density at radius 2 is 1.43 bits per heavy atom. The number of aliphatic hydroxyl groups excluding tert-OH is 1. The van der Waals surface area contributed by atoms with Crippen LogP contribution in [-0.2, 0) is 0 Å². The van der Waals surface area contributed by atoms with Gasteiger partial charge in [0.2, 0.25) is 0 Å². The smallest absolute Gasteiger partial charge is 0.151 e. The van der Waals surface area contributed by atoms with Crippen molar-refractivity contribution in [3.8, 4) is 0 Å². The summed E-state index contributed by atoms with van der Waals surface area (Å²) in [7, 11) is 0. The molecule has 0 bridgehead atoms. The van der Waals surface area contributed by atoms with Gasteiger partial charge in [0, 0.05) is 59.1 Å². The maximum atomic E-state index is 7.92. The van der Waals surface area contributed by atoms with Gasteiger partial charge in [-0.1, -0.05) is 6.92 Å². The van der Waals surface area contributed by atoms with E-state index in [-0.39, 0.29) is 59.1 Å². The molecule has 0 aromatic heterocycles. The van der Waals surface area contributed by atoms with Gasteiger partial charge < -0.3 is 10.2 Å². The normalized spacial score (nSPS) is 6.86. The number of aliphatic hydroxyl groups is 2. The van der Waals surface area contributed by atoms with Crippen molar-refractivity contribution in [1.82, 2.24) is 0 Å². The van der Waals surface area contributed by atoms with Crippen molar-refractivity contribution in [2.45, 2.75) is 19.6 Å². The summed E-state index contributed by atoms with van der Waals surface area (Å²) in [6.45, 7) is 1.70. The first-order valence-corrected chi connectivity index (χ1v) is 1.63. The van der Waals surface area contributed by atoms with E-state index >= 15 is 0 Å². The number of hydrogen-bond donors (Lipinski definition) is 2. The van der Waals surface area contributed by atoms with Crippen molar-refractivity contribution in [1.29, 1.82) is 0 Å². The third-order valence-electron chi connectivity index (χ3n) is 0.365. The summed E-state index contributed by atoms with van der Waals surface area (Å²) in [6.07, 6.45) is -0.699. The molecule has 0 heterocycles. The van der Waals surface area contributed by atoms with Gasteiger partial charge in [-0.2, -0.15) is 0 Å². The second kappa shape index (κ2) is 10.8. The first-order chi connectivity index (χ1) is 2.27. The minimum Gasteiger partial charge on any atom is -0.368 e. The molecule has 0 saturated carbocycles. The molecule has 7 heavy (non-hydrogen) atoms. The molecular formula is C3H8Na2O2. The molecule has 2 nitrogen and oxygen atoms in total. The van der Waals surface area contributed by atoms with E-state index in [0.717, 1.165) is 0 Å². The van der Waals surface area contributed by atoms with Crippen LogP contribution in [0.15, 0.2) is 0 Å². The zero-order chi connectivity index (χ0) is 4.28. The molecule has 4 heteroatoms. The second-order valence-electron chi connectivity index (χ2n) is 0.889. The molecule has 2 radical (unpaired) electrons. The maximum absolute atomic E-state index is 7.92. The fraction of sp³-hybridized carbons (Fsp3) is 1.00. The van der Waals surface area contributed by atoms with Gasteiger partial charge in [0.05, 0.1) is 0 Å². The zero-order valence-corrected chi connectivity index (χ0v) is 9.18.